The van der Waals surface area contributed by atoms with Crippen LogP contribution in [-0.4, -0.2) is 63.3 Å². The van der Waals surface area contributed by atoms with Crippen molar-refractivity contribution < 1.29 is 19.0 Å². The molecule has 1 aliphatic heterocycles. The second-order valence-electron chi connectivity index (χ2n) is 5.28. The van der Waals surface area contributed by atoms with E-state index in [0.29, 0.717) is 38.9 Å². The zero-order valence-electron chi connectivity index (χ0n) is 13.4. The average molecular weight is 300 g/mol. The van der Waals surface area contributed by atoms with E-state index in [-0.39, 0.29) is 11.9 Å². The van der Waals surface area contributed by atoms with Crippen LogP contribution in [0.15, 0.2) is 5.10 Å². The second-order valence-corrected chi connectivity index (χ2v) is 5.28. The predicted molar refractivity (Wildman–Crippen MR) is 81.3 cm³/mol. The van der Waals surface area contributed by atoms with Crippen molar-refractivity contribution in [1.29, 1.82) is 0 Å². The molecule has 0 aliphatic carbocycles. The maximum Gasteiger partial charge on any atom is 0.306 e. The van der Waals surface area contributed by atoms with Crippen LogP contribution in [0.25, 0.3) is 0 Å². The average Bonchev–Trinajstić information content (AvgIpc) is 2.89. The summed E-state index contributed by atoms with van der Waals surface area (Å²) in [6.07, 6.45) is 4.43. The van der Waals surface area contributed by atoms with Crippen molar-refractivity contribution in [3.8, 4) is 0 Å². The molecule has 0 aromatic rings. The quantitative estimate of drug-likeness (QED) is 0.349. The normalized spacial score (nSPS) is 20.1. The van der Waals surface area contributed by atoms with E-state index < -0.39 is 0 Å². The number of esters is 1. The van der Waals surface area contributed by atoms with Crippen LogP contribution in [0.2, 0.25) is 0 Å². The molecule has 0 saturated carbocycles. The van der Waals surface area contributed by atoms with Crippen LogP contribution in [0.5, 0.6) is 0 Å². The molecular formula is C15H28N2O4. The minimum Gasteiger partial charge on any atom is -0.466 e. The van der Waals surface area contributed by atoms with Crippen molar-refractivity contribution in [2.24, 2.45) is 11.0 Å². The Bertz CT molecular complexity index is 323. The number of hydrogen-bond donors (Lipinski definition) is 0. The fraction of sp³-hybridized carbons (Fsp3) is 0.867. The molecule has 0 unspecified atom stereocenters. The molecular weight excluding hydrogens is 272 g/mol. The summed E-state index contributed by atoms with van der Waals surface area (Å²) in [5.41, 5.74) is 0. The lowest BCUT2D eigenvalue weighted by molar-refractivity contribution is -0.143. The van der Waals surface area contributed by atoms with Crippen molar-refractivity contribution in [3.63, 3.8) is 0 Å². The van der Waals surface area contributed by atoms with E-state index in [1.54, 1.807) is 7.11 Å². The summed E-state index contributed by atoms with van der Waals surface area (Å²) in [5.74, 6) is -0.0861. The van der Waals surface area contributed by atoms with Crippen molar-refractivity contribution in [1.82, 2.24) is 5.01 Å². The van der Waals surface area contributed by atoms with Crippen molar-refractivity contribution >= 4 is 12.2 Å². The highest BCUT2D eigenvalue weighted by atomic mass is 16.5. The van der Waals surface area contributed by atoms with Crippen LogP contribution in [-0.2, 0) is 19.0 Å². The van der Waals surface area contributed by atoms with E-state index in [1.807, 2.05) is 20.1 Å². The van der Waals surface area contributed by atoms with Crippen LogP contribution < -0.4 is 0 Å². The zero-order valence-corrected chi connectivity index (χ0v) is 13.4. The largest absolute Gasteiger partial charge is 0.466 e. The van der Waals surface area contributed by atoms with Gasteiger partial charge in [0.25, 0.3) is 0 Å². The molecule has 21 heavy (non-hydrogen) atoms. The van der Waals surface area contributed by atoms with Crippen LogP contribution in [0.1, 0.15) is 33.1 Å². The minimum absolute atomic E-state index is 0.0831. The smallest absolute Gasteiger partial charge is 0.306 e. The molecule has 0 aromatic heterocycles. The number of carbonyl (C=O) groups excluding carboxylic acids is 1. The van der Waals surface area contributed by atoms with Gasteiger partial charge in [0, 0.05) is 25.8 Å². The summed E-state index contributed by atoms with van der Waals surface area (Å²) < 4.78 is 15.5. The number of ether oxygens (including phenoxy) is 3. The van der Waals surface area contributed by atoms with Crippen molar-refractivity contribution in [3.05, 3.63) is 0 Å². The van der Waals surface area contributed by atoms with E-state index in [2.05, 4.69) is 10.1 Å². The third-order valence-corrected chi connectivity index (χ3v) is 3.35. The van der Waals surface area contributed by atoms with Gasteiger partial charge < -0.3 is 14.2 Å². The SMILES string of the molecule is CCOC(=O)C[C@@H](C)/C=N/N1CCC[C@H]1COCCOC. The summed E-state index contributed by atoms with van der Waals surface area (Å²) in [6, 6.07) is 0.327. The summed E-state index contributed by atoms with van der Waals surface area (Å²) in [5, 5.41) is 6.57. The number of hydrogen-bond acceptors (Lipinski definition) is 6. The Hall–Kier alpha value is -1.14. The van der Waals surface area contributed by atoms with Gasteiger partial charge in [0.15, 0.2) is 0 Å². The monoisotopic (exact) mass is 300 g/mol. The van der Waals surface area contributed by atoms with Gasteiger partial charge in [-0.3, -0.25) is 9.80 Å². The highest BCUT2D eigenvalue weighted by Crippen LogP contribution is 2.18. The van der Waals surface area contributed by atoms with Gasteiger partial charge in [-0.1, -0.05) is 6.92 Å². The lowest BCUT2D eigenvalue weighted by atomic mass is 10.1. The first-order valence-corrected chi connectivity index (χ1v) is 7.70. The second kappa shape index (κ2) is 10.6. The van der Waals surface area contributed by atoms with E-state index in [1.165, 1.54) is 0 Å². The molecule has 1 fully saturated rings. The van der Waals surface area contributed by atoms with Gasteiger partial charge in [-0.15, -0.1) is 0 Å². The molecule has 1 saturated heterocycles. The number of rotatable bonds is 10. The molecule has 6 nitrogen and oxygen atoms in total. The molecule has 0 bridgehead atoms. The number of carbonyl (C=O) groups is 1. The summed E-state index contributed by atoms with van der Waals surface area (Å²) >= 11 is 0. The number of nitrogens with zero attached hydrogens (tertiary/aromatic N) is 2. The first kappa shape index (κ1) is 17.9. The molecule has 0 N–H and O–H groups in total. The Kier molecular flexibility index (Phi) is 9.01. The molecule has 0 aromatic carbocycles. The lowest BCUT2D eigenvalue weighted by Crippen LogP contribution is -2.29. The first-order valence-electron chi connectivity index (χ1n) is 7.70. The Morgan fingerprint density at radius 3 is 3.00 bits per heavy atom. The Morgan fingerprint density at radius 1 is 1.48 bits per heavy atom. The van der Waals surface area contributed by atoms with E-state index in [9.17, 15) is 4.79 Å². The third kappa shape index (κ3) is 7.43. The van der Waals surface area contributed by atoms with Crippen LogP contribution >= 0.6 is 0 Å². The van der Waals surface area contributed by atoms with Gasteiger partial charge in [0.05, 0.1) is 38.9 Å². The van der Waals surface area contributed by atoms with Crippen LogP contribution in [0.4, 0.5) is 0 Å². The summed E-state index contributed by atoms with van der Waals surface area (Å²) in [6.45, 7) is 7.07. The lowest BCUT2D eigenvalue weighted by Gasteiger charge is -2.21. The maximum absolute atomic E-state index is 11.4. The molecule has 0 radical (unpaired) electrons. The summed E-state index contributed by atoms with van der Waals surface area (Å²) in [4.78, 5) is 11.4. The Morgan fingerprint density at radius 2 is 2.29 bits per heavy atom. The fourth-order valence-electron chi connectivity index (χ4n) is 2.24. The van der Waals surface area contributed by atoms with E-state index >= 15 is 0 Å². The van der Waals surface area contributed by atoms with Gasteiger partial charge >= 0.3 is 5.97 Å². The number of methoxy groups -OCH3 is 1. The first-order chi connectivity index (χ1) is 10.2. The summed E-state index contributed by atoms with van der Waals surface area (Å²) in [7, 11) is 1.67. The van der Waals surface area contributed by atoms with Gasteiger partial charge in [-0.05, 0) is 19.8 Å². The van der Waals surface area contributed by atoms with Crippen molar-refractivity contribution in [2.75, 3.05) is 40.1 Å². The molecule has 122 valence electrons. The van der Waals surface area contributed by atoms with Crippen molar-refractivity contribution in [2.45, 2.75) is 39.2 Å². The standard InChI is InChI=1S/C15H28N2O4/c1-4-21-15(18)10-13(2)11-16-17-7-5-6-14(17)12-20-9-8-19-3/h11,13-14H,4-10,12H2,1-3H3/b16-11+/t13-,14+/m1/s1. The van der Waals surface area contributed by atoms with Gasteiger partial charge in [-0.2, -0.15) is 5.10 Å². The number of hydrazone groups is 1. The fourth-order valence-corrected chi connectivity index (χ4v) is 2.24. The molecule has 0 amide bonds. The minimum atomic E-state index is -0.169. The molecule has 1 rings (SSSR count). The Balaban J connectivity index is 2.30. The highest BCUT2D eigenvalue weighted by Gasteiger charge is 2.23. The van der Waals surface area contributed by atoms with Gasteiger partial charge in [0.2, 0.25) is 0 Å². The van der Waals surface area contributed by atoms with Crippen LogP contribution in [0, 0.1) is 5.92 Å². The third-order valence-electron chi connectivity index (χ3n) is 3.35. The zero-order chi connectivity index (χ0) is 15.5. The van der Waals surface area contributed by atoms with E-state index in [4.69, 9.17) is 14.2 Å². The van der Waals surface area contributed by atoms with Gasteiger partial charge in [-0.25, -0.2) is 0 Å². The molecule has 0 spiro atoms. The predicted octanol–water partition coefficient (Wildman–Crippen LogP) is 1.69. The Labute approximate surface area is 127 Å². The topological polar surface area (TPSA) is 60.4 Å². The van der Waals surface area contributed by atoms with E-state index in [0.717, 1.165) is 19.4 Å². The molecule has 6 heteroatoms. The highest BCUT2D eigenvalue weighted by molar-refractivity contribution is 5.74. The molecule has 1 heterocycles. The maximum atomic E-state index is 11.4. The molecule has 2 atom stereocenters. The molecule has 1 aliphatic rings. The van der Waals surface area contributed by atoms with Gasteiger partial charge in [0.1, 0.15) is 0 Å². The van der Waals surface area contributed by atoms with Crippen LogP contribution in [0.3, 0.4) is 0 Å².